The van der Waals surface area contributed by atoms with Crippen molar-refractivity contribution in [2.45, 2.75) is 13.5 Å². The molecule has 1 heterocycles. The highest BCUT2D eigenvalue weighted by atomic mass is 19.1. The van der Waals surface area contributed by atoms with E-state index in [1.807, 2.05) is 13.1 Å². The van der Waals surface area contributed by atoms with Crippen LogP contribution >= 0.6 is 0 Å². The summed E-state index contributed by atoms with van der Waals surface area (Å²) in [5, 5.41) is 0. The molecule has 0 N–H and O–H groups in total. The van der Waals surface area contributed by atoms with Crippen molar-refractivity contribution in [3.8, 4) is 5.75 Å². The van der Waals surface area contributed by atoms with Crippen LogP contribution in [0, 0.1) is 11.2 Å². The molecule has 1 aromatic rings. The van der Waals surface area contributed by atoms with Gasteiger partial charge in [0.05, 0.1) is 20.3 Å². The summed E-state index contributed by atoms with van der Waals surface area (Å²) >= 11 is 0. The Labute approximate surface area is 107 Å². The molecule has 0 aromatic heterocycles. The lowest BCUT2D eigenvalue weighted by Gasteiger charge is -2.40. The first-order valence-corrected chi connectivity index (χ1v) is 6.11. The van der Waals surface area contributed by atoms with Gasteiger partial charge in [0.2, 0.25) is 0 Å². The van der Waals surface area contributed by atoms with Gasteiger partial charge in [-0.15, -0.1) is 0 Å². The first-order valence-electron chi connectivity index (χ1n) is 6.11. The fourth-order valence-electron chi connectivity index (χ4n) is 2.37. The molecule has 1 aliphatic heterocycles. The van der Waals surface area contributed by atoms with E-state index in [4.69, 9.17) is 9.47 Å². The summed E-state index contributed by atoms with van der Waals surface area (Å²) in [6, 6.07) is 5.11. The van der Waals surface area contributed by atoms with Gasteiger partial charge >= 0.3 is 0 Å². The summed E-state index contributed by atoms with van der Waals surface area (Å²) in [6.45, 7) is 5.53. The highest BCUT2D eigenvalue weighted by Crippen LogP contribution is 2.28. The standard InChI is InChI=1S/C14H20FNO2/c1-14(9-18-10-14)8-16(2)7-11-4-5-13(17-3)12(15)6-11/h4-6H,7-10H2,1-3H3. The van der Waals surface area contributed by atoms with E-state index in [1.165, 1.54) is 13.2 Å². The van der Waals surface area contributed by atoms with E-state index >= 15 is 0 Å². The van der Waals surface area contributed by atoms with Gasteiger partial charge in [-0.2, -0.15) is 0 Å². The third kappa shape index (κ3) is 3.00. The Balaban J connectivity index is 1.94. The molecule has 4 heteroatoms. The Kier molecular flexibility index (Phi) is 3.88. The van der Waals surface area contributed by atoms with Crippen LogP contribution in [0.1, 0.15) is 12.5 Å². The van der Waals surface area contributed by atoms with E-state index in [0.717, 1.165) is 31.9 Å². The summed E-state index contributed by atoms with van der Waals surface area (Å²) in [6.07, 6.45) is 0. The summed E-state index contributed by atoms with van der Waals surface area (Å²) in [4.78, 5) is 2.20. The number of hydrogen-bond acceptors (Lipinski definition) is 3. The Bertz CT molecular complexity index is 418. The highest BCUT2D eigenvalue weighted by molar-refractivity contribution is 5.29. The van der Waals surface area contributed by atoms with Crippen molar-refractivity contribution >= 4 is 0 Å². The van der Waals surface area contributed by atoms with Crippen molar-refractivity contribution in [1.29, 1.82) is 0 Å². The van der Waals surface area contributed by atoms with Crippen LogP contribution in [0.2, 0.25) is 0 Å². The normalized spacial score (nSPS) is 17.6. The second-order valence-corrected chi connectivity index (χ2v) is 5.44. The van der Waals surface area contributed by atoms with Crippen molar-refractivity contribution in [3.63, 3.8) is 0 Å². The van der Waals surface area contributed by atoms with Crippen LogP contribution < -0.4 is 4.74 Å². The number of halogens is 1. The second kappa shape index (κ2) is 5.24. The monoisotopic (exact) mass is 253 g/mol. The Morgan fingerprint density at radius 1 is 1.44 bits per heavy atom. The van der Waals surface area contributed by atoms with E-state index in [-0.39, 0.29) is 11.2 Å². The molecule has 1 saturated heterocycles. The zero-order valence-electron chi connectivity index (χ0n) is 11.2. The Morgan fingerprint density at radius 2 is 2.17 bits per heavy atom. The quantitative estimate of drug-likeness (QED) is 0.803. The summed E-state index contributed by atoms with van der Waals surface area (Å²) in [5.74, 6) is -0.0117. The third-order valence-electron chi connectivity index (χ3n) is 3.22. The predicted octanol–water partition coefficient (Wildman–Crippen LogP) is 2.30. The lowest BCUT2D eigenvalue weighted by Crippen LogP contribution is -2.47. The third-order valence-corrected chi connectivity index (χ3v) is 3.22. The van der Waals surface area contributed by atoms with E-state index in [1.54, 1.807) is 6.07 Å². The lowest BCUT2D eigenvalue weighted by molar-refractivity contribution is -0.113. The Hall–Kier alpha value is -1.13. The first-order chi connectivity index (χ1) is 8.52. The van der Waals surface area contributed by atoms with Gasteiger partial charge in [0, 0.05) is 18.5 Å². The molecule has 18 heavy (non-hydrogen) atoms. The maximum absolute atomic E-state index is 13.6. The molecule has 0 atom stereocenters. The molecular weight excluding hydrogens is 233 g/mol. The van der Waals surface area contributed by atoms with Gasteiger partial charge in [0.25, 0.3) is 0 Å². The number of rotatable bonds is 5. The minimum Gasteiger partial charge on any atom is -0.494 e. The van der Waals surface area contributed by atoms with Gasteiger partial charge in [-0.3, -0.25) is 0 Å². The maximum Gasteiger partial charge on any atom is 0.165 e. The summed E-state index contributed by atoms with van der Waals surface area (Å²) in [5.41, 5.74) is 1.21. The molecule has 0 unspecified atom stereocenters. The molecule has 0 spiro atoms. The van der Waals surface area contributed by atoms with Gasteiger partial charge in [-0.1, -0.05) is 13.0 Å². The molecule has 2 rings (SSSR count). The van der Waals surface area contributed by atoms with E-state index in [0.29, 0.717) is 5.75 Å². The predicted molar refractivity (Wildman–Crippen MR) is 68.2 cm³/mol. The molecule has 0 amide bonds. The lowest BCUT2D eigenvalue weighted by atomic mass is 9.88. The van der Waals surface area contributed by atoms with Crippen LogP contribution in [-0.4, -0.2) is 38.8 Å². The average Bonchev–Trinajstić information content (AvgIpc) is 2.27. The van der Waals surface area contributed by atoms with Crippen molar-refractivity contribution in [2.75, 3.05) is 33.9 Å². The van der Waals surface area contributed by atoms with Crippen LogP contribution in [0.3, 0.4) is 0 Å². The highest BCUT2D eigenvalue weighted by Gasteiger charge is 2.34. The second-order valence-electron chi connectivity index (χ2n) is 5.44. The smallest absolute Gasteiger partial charge is 0.165 e. The molecule has 1 aromatic carbocycles. The number of nitrogens with zero attached hydrogens (tertiary/aromatic N) is 1. The first kappa shape index (κ1) is 13.3. The van der Waals surface area contributed by atoms with Gasteiger partial charge in [0.1, 0.15) is 0 Å². The number of benzene rings is 1. The zero-order chi connectivity index (χ0) is 13.2. The van der Waals surface area contributed by atoms with Crippen molar-refractivity contribution in [2.24, 2.45) is 5.41 Å². The fourth-order valence-corrected chi connectivity index (χ4v) is 2.37. The Morgan fingerprint density at radius 3 is 2.67 bits per heavy atom. The summed E-state index contributed by atoms with van der Waals surface area (Å²) < 4.78 is 23.7. The van der Waals surface area contributed by atoms with Crippen molar-refractivity contribution in [3.05, 3.63) is 29.6 Å². The molecular formula is C14H20FNO2. The van der Waals surface area contributed by atoms with E-state index < -0.39 is 0 Å². The van der Waals surface area contributed by atoms with Gasteiger partial charge in [0.15, 0.2) is 11.6 Å². The van der Waals surface area contributed by atoms with Crippen LogP contribution in [0.4, 0.5) is 4.39 Å². The number of ether oxygens (including phenoxy) is 2. The molecule has 0 bridgehead atoms. The molecule has 0 aliphatic carbocycles. The topological polar surface area (TPSA) is 21.7 Å². The van der Waals surface area contributed by atoms with Crippen molar-refractivity contribution < 1.29 is 13.9 Å². The minimum atomic E-state index is -0.304. The van der Waals surface area contributed by atoms with Crippen LogP contribution in [-0.2, 0) is 11.3 Å². The zero-order valence-corrected chi connectivity index (χ0v) is 11.2. The van der Waals surface area contributed by atoms with Gasteiger partial charge < -0.3 is 14.4 Å². The summed E-state index contributed by atoms with van der Waals surface area (Å²) in [7, 11) is 3.52. The van der Waals surface area contributed by atoms with Gasteiger partial charge in [-0.25, -0.2) is 4.39 Å². The SMILES string of the molecule is COc1ccc(CN(C)CC2(C)COC2)cc1F. The van der Waals surface area contributed by atoms with Crippen LogP contribution in [0.5, 0.6) is 5.75 Å². The van der Waals surface area contributed by atoms with Crippen molar-refractivity contribution in [1.82, 2.24) is 4.90 Å². The average molecular weight is 253 g/mol. The largest absolute Gasteiger partial charge is 0.494 e. The van der Waals surface area contributed by atoms with Gasteiger partial charge in [-0.05, 0) is 24.7 Å². The molecule has 100 valence electrons. The number of hydrogen-bond donors (Lipinski definition) is 0. The fraction of sp³-hybridized carbons (Fsp3) is 0.571. The molecule has 1 aliphatic rings. The number of methoxy groups -OCH3 is 1. The maximum atomic E-state index is 13.6. The molecule has 3 nitrogen and oxygen atoms in total. The molecule has 0 radical (unpaired) electrons. The molecule has 1 fully saturated rings. The van der Waals surface area contributed by atoms with Crippen LogP contribution in [0.15, 0.2) is 18.2 Å². The van der Waals surface area contributed by atoms with E-state index in [2.05, 4.69) is 11.8 Å². The minimum absolute atomic E-state index is 0.250. The van der Waals surface area contributed by atoms with Crippen LogP contribution in [0.25, 0.3) is 0 Å². The van der Waals surface area contributed by atoms with E-state index in [9.17, 15) is 4.39 Å². The molecule has 0 saturated carbocycles.